The molecule has 1 aromatic rings. The lowest BCUT2D eigenvalue weighted by Gasteiger charge is -2.22. The van der Waals surface area contributed by atoms with Crippen molar-refractivity contribution in [3.05, 3.63) is 23.8 Å². The van der Waals surface area contributed by atoms with E-state index in [0.717, 1.165) is 30.0 Å². The number of rotatable bonds is 3. The standard InChI is InChI=1S/C15H19NO4/c1-3-6-16-10(2)14(20-15(16)17)11-4-5-12-13(9-11)19-8-7-18-12/h4-5,9-10,14H,3,6-8H2,1-2H3/t10?,14-/m1/s1. The Labute approximate surface area is 118 Å². The third-order valence-electron chi connectivity index (χ3n) is 3.75. The van der Waals surface area contributed by atoms with Crippen LogP contribution in [0.5, 0.6) is 11.5 Å². The van der Waals surface area contributed by atoms with Crippen molar-refractivity contribution in [1.29, 1.82) is 0 Å². The van der Waals surface area contributed by atoms with Gasteiger partial charge in [0.2, 0.25) is 0 Å². The minimum absolute atomic E-state index is 0.0324. The molecular formula is C15H19NO4. The molecule has 1 amide bonds. The average Bonchev–Trinajstić information content (AvgIpc) is 2.75. The summed E-state index contributed by atoms with van der Waals surface area (Å²) < 4.78 is 16.6. The van der Waals surface area contributed by atoms with E-state index in [1.807, 2.05) is 25.1 Å². The minimum Gasteiger partial charge on any atom is -0.486 e. The predicted octanol–water partition coefficient (Wildman–Crippen LogP) is 2.75. The van der Waals surface area contributed by atoms with E-state index in [1.54, 1.807) is 4.90 Å². The van der Waals surface area contributed by atoms with E-state index in [4.69, 9.17) is 14.2 Å². The number of fused-ring (bicyclic) bond motifs is 1. The van der Waals surface area contributed by atoms with Gasteiger partial charge in [0.15, 0.2) is 11.5 Å². The van der Waals surface area contributed by atoms with Crippen molar-refractivity contribution in [2.24, 2.45) is 0 Å². The van der Waals surface area contributed by atoms with Gasteiger partial charge >= 0.3 is 6.09 Å². The van der Waals surface area contributed by atoms with Crippen LogP contribution in [-0.4, -0.2) is 36.8 Å². The maximum Gasteiger partial charge on any atom is 0.410 e. The lowest BCUT2D eigenvalue weighted by Crippen LogP contribution is -2.32. The molecule has 1 fully saturated rings. The molecule has 0 bridgehead atoms. The van der Waals surface area contributed by atoms with Gasteiger partial charge in [-0.25, -0.2) is 4.79 Å². The average molecular weight is 277 g/mol. The van der Waals surface area contributed by atoms with Crippen LogP contribution in [0.3, 0.4) is 0 Å². The van der Waals surface area contributed by atoms with Gasteiger partial charge in [-0.3, -0.25) is 0 Å². The molecule has 1 saturated heterocycles. The van der Waals surface area contributed by atoms with Gasteiger partial charge in [0.25, 0.3) is 0 Å². The van der Waals surface area contributed by atoms with Crippen molar-refractivity contribution in [1.82, 2.24) is 4.90 Å². The molecule has 0 aromatic heterocycles. The van der Waals surface area contributed by atoms with E-state index >= 15 is 0 Å². The quantitative estimate of drug-likeness (QED) is 0.852. The Morgan fingerprint density at radius 2 is 2.00 bits per heavy atom. The molecule has 5 heteroatoms. The second kappa shape index (κ2) is 5.23. The molecule has 2 heterocycles. The highest BCUT2D eigenvalue weighted by atomic mass is 16.6. The fraction of sp³-hybridized carbons (Fsp3) is 0.533. The Balaban J connectivity index is 1.84. The highest BCUT2D eigenvalue weighted by Crippen LogP contribution is 2.38. The van der Waals surface area contributed by atoms with Crippen LogP contribution in [0.4, 0.5) is 4.79 Å². The van der Waals surface area contributed by atoms with Gasteiger partial charge in [0.05, 0.1) is 6.04 Å². The van der Waals surface area contributed by atoms with Crippen molar-refractivity contribution in [2.75, 3.05) is 19.8 Å². The smallest absolute Gasteiger partial charge is 0.410 e. The van der Waals surface area contributed by atoms with Crippen LogP contribution in [-0.2, 0) is 4.74 Å². The largest absolute Gasteiger partial charge is 0.486 e. The fourth-order valence-electron chi connectivity index (χ4n) is 2.72. The Morgan fingerprint density at radius 1 is 1.25 bits per heavy atom. The van der Waals surface area contributed by atoms with Crippen LogP contribution in [0.15, 0.2) is 18.2 Å². The van der Waals surface area contributed by atoms with Crippen molar-refractivity contribution in [3.8, 4) is 11.5 Å². The van der Waals surface area contributed by atoms with Crippen LogP contribution in [0.1, 0.15) is 31.9 Å². The number of amides is 1. The van der Waals surface area contributed by atoms with Crippen LogP contribution in [0.25, 0.3) is 0 Å². The molecule has 0 saturated carbocycles. The molecule has 0 N–H and O–H groups in total. The number of ether oxygens (including phenoxy) is 3. The summed E-state index contributed by atoms with van der Waals surface area (Å²) in [5, 5.41) is 0. The van der Waals surface area contributed by atoms with Crippen molar-refractivity contribution in [2.45, 2.75) is 32.4 Å². The molecule has 3 rings (SSSR count). The number of cyclic esters (lactones) is 1. The van der Waals surface area contributed by atoms with E-state index in [-0.39, 0.29) is 18.2 Å². The first-order chi connectivity index (χ1) is 9.70. The minimum atomic E-state index is -0.245. The lowest BCUT2D eigenvalue weighted by atomic mass is 10.0. The number of hydrogen-bond donors (Lipinski definition) is 0. The molecule has 5 nitrogen and oxygen atoms in total. The summed E-state index contributed by atoms with van der Waals surface area (Å²) in [7, 11) is 0. The summed E-state index contributed by atoms with van der Waals surface area (Å²) in [6.45, 7) is 5.92. The van der Waals surface area contributed by atoms with Crippen LogP contribution < -0.4 is 9.47 Å². The molecule has 1 aromatic carbocycles. The number of benzene rings is 1. The zero-order valence-corrected chi connectivity index (χ0v) is 11.8. The van der Waals surface area contributed by atoms with Gasteiger partial charge in [-0.05, 0) is 31.0 Å². The summed E-state index contributed by atoms with van der Waals surface area (Å²) >= 11 is 0. The zero-order valence-electron chi connectivity index (χ0n) is 11.8. The topological polar surface area (TPSA) is 48.0 Å². The predicted molar refractivity (Wildman–Crippen MR) is 73.1 cm³/mol. The summed E-state index contributed by atoms with van der Waals surface area (Å²) in [5.74, 6) is 1.48. The Bertz CT molecular complexity index is 517. The van der Waals surface area contributed by atoms with E-state index in [1.165, 1.54) is 0 Å². The van der Waals surface area contributed by atoms with Gasteiger partial charge in [-0.1, -0.05) is 13.0 Å². The first-order valence-corrected chi connectivity index (χ1v) is 7.07. The number of carbonyl (C=O) groups is 1. The number of nitrogens with zero attached hydrogens (tertiary/aromatic N) is 1. The third kappa shape index (κ3) is 2.17. The molecular weight excluding hydrogens is 258 g/mol. The highest BCUT2D eigenvalue weighted by molar-refractivity contribution is 5.71. The molecule has 0 aliphatic carbocycles. The summed E-state index contributed by atoms with van der Waals surface area (Å²) in [6, 6.07) is 5.77. The summed E-state index contributed by atoms with van der Waals surface area (Å²) in [6.07, 6.45) is 0.442. The Kier molecular flexibility index (Phi) is 3.42. The molecule has 0 spiro atoms. The second-order valence-corrected chi connectivity index (χ2v) is 5.14. The molecule has 2 aliphatic heterocycles. The monoisotopic (exact) mass is 277 g/mol. The molecule has 108 valence electrons. The van der Waals surface area contributed by atoms with Crippen molar-refractivity contribution < 1.29 is 19.0 Å². The maximum atomic E-state index is 11.9. The number of hydrogen-bond acceptors (Lipinski definition) is 4. The first-order valence-electron chi connectivity index (χ1n) is 7.07. The first kappa shape index (κ1) is 13.1. The van der Waals surface area contributed by atoms with Gasteiger partial charge < -0.3 is 19.1 Å². The molecule has 2 atom stereocenters. The van der Waals surface area contributed by atoms with E-state index in [2.05, 4.69) is 6.92 Å². The van der Waals surface area contributed by atoms with Crippen LogP contribution in [0, 0.1) is 0 Å². The van der Waals surface area contributed by atoms with Gasteiger partial charge in [0.1, 0.15) is 19.3 Å². The second-order valence-electron chi connectivity index (χ2n) is 5.14. The van der Waals surface area contributed by atoms with E-state index < -0.39 is 0 Å². The highest BCUT2D eigenvalue weighted by Gasteiger charge is 2.39. The summed E-state index contributed by atoms with van der Waals surface area (Å²) in [4.78, 5) is 13.7. The third-order valence-corrected chi connectivity index (χ3v) is 3.75. The van der Waals surface area contributed by atoms with Crippen LogP contribution >= 0.6 is 0 Å². The maximum absolute atomic E-state index is 11.9. The normalized spacial score (nSPS) is 24.7. The molecule has 1 unspecified atom stereocenters. The number of carbonyl (C=O) groups excluding carboxylic acids is 1. The molecule has 20 heavy (non-hydrogen) atoms. The SMILES string of the molecule is CCCN1C(=O)O[C@@H](c2ccc3c(c2)OCCO3)C1C. The van der Waals surface area contributed by atoms with E-state index in [0.29, 0.717) is 13.2 Å². The van der Waals surface area contributed by atoms with E-state index in [9.17, 15) is 4.79 Å². The van der Waals surface area contributed by atoms with Gasteiger partial charge in [-0.2, -0.15) is 0 Å². The molecule has 2 aliphatic rings. The lowest BCUT2D eigenvalue weighted by molar-refractivity contribution is 0.129. The molecule has 0 radical (unpaired) electrons. The zero-order chi connectivity index (χ0) is 14.1. The van der Waals surface area contributed by atoms with Crippen molar-refractivity contribution in [3.63, 3.8) is 0 Å². The van der Waals surface area contributed by atoms with Gasteiger partial charge in [0, 0.05) is 6.54 Å². The van der Waals surface area contributed by atoms with Crippen molar-refractivity contribution >= 4 is 6.09 Å². The summed E-state index contributed by atoms with van der Waals surface area (Å²) in [5.41, 5.74) is 0.953. The van der Waals surface area contributed by atoms with Crippen LogP contribution in [0.2, 0.25) is 0 Å². The Morgan fingerprint density at radius 3 is 2.75 bits per heavy atom. The van der Waals surface area contributed by atoms with Gasteiger partial charge in [-0.15, -0.1) is 0 Å². The Hall–Kier alpha value is -1.91. The fourth-order valence-corrected chi connectivity index (χ4v) is 2.72.